The lowest BCUT2D eigenvalue weighted by atomic mass is 10.1. The van der Waals surface area contributed by atoms with Crippen molar-refractivity contribution in [2.75, 3.05) is 16.8 Å². The zero-order chi connectivity index (χ0) is 23.7. The zero-order valence-corrected chi connectivity index (χ0v) is 17.2. The molecule has 2 aromatic carbocycles. The monoisotopic (exact) mass is 441 g/mol. The molecule has 5 N–H and O–H groups in total. The Kier molecular flexibility index (Phi) is 5.30. The summed E-state index contributed by atoms with van der Waals surface area (Å²) in [5.41, 5.74) is 11.9. The van der Waals surface area contributed by atoms with Gasteiger partial charge in [-0.3, -0.25) is 9.36 Å². The number of hydrogen-bond donors (Lipinski definition) is 3. The van der Waals surface area contributed by atoms with Crippen molar-refractivity contribution in [3.8, 4) is 17.8 Å². The molecule has 162 valence electrons. The highest BCUT2D eigenvalue weighted by atomic mass is 19.1. The van der Waals surface area contributed by atoms with Gasteiger partial charge < -0.3 is 16.8 Å². The van der Waals surface area contributed by atoms with Crippen LogP contribution in [0.25, 0.3) is 16.6 Å². The number of hydrogen-bond acceptors (Lipinski definition) is 9. The second-order valence-corrected chi connectivity index (χ2v) is 7.10. The van der Waals surface area contributed by atoms with Crippen LogP contribution in [0.15, 0.2) is 47.3 Å². The van der Waals surface area contributed by atoms with Gasteiger partial charge in [0, 0.05) is 0 Å². The third kappa shape index (κ3) is 3.86. The minimum Gasteiger partial charge on any atom is -0.382 e. The van der Waals surface area contributed by atoms with Crippen LogP contribution in [-0.4, -0.2) is 19.5 Å². The number of nitrogens with one attached hydrogen (secondary N) is 1. The predicted molar refractivity (Wildman–Crippen MR) is 120 cm³/mol. The first-order valence-corrected chi connectivity index (χ1v) is 9.64. The number of benzene rings is 2. The van der Waals surface area contributed by atoms with Crippen molar-refractivity contribution in [1.29, 1.82) is 10.5 Å². The van der Waals surface area contributed by atoms with E-state index >= 15 is 0 Å². The second-order valence-electron chi connectivity index (χ2n) is 7.10. The standard InChI is InChI=1S/C22H16FN9O/c1-11(28-19-16(10-25)18(26)30-22(27)31-19)20-29-17-6-5-13(23)8-15(17)21(33)32(20)14-4-2-3-12(7-14)9-24/h2-8,11H,1H3,(H5,26,27,28,30,31). The van der Waals surface area contributed by atoms with E-state index in [4.69, 9.17) is 11.5 Å². The maximum Gasteiger partial charge on any atom is 0.266 e. The molecule has 1 unspecified atom stereocenters. The van der Waals surface area contributed by atoms with Gasteiger partial charge in [-0.25, -0.2) is 9.37 Å². The number of anilines is 3. The number of rotatable bonds is 4. The van der Waals surface area contributed by atoms with Crippen LogP contribution in [0.5, 0.6) is 0 Å². The first kappa shape index (κ1) is 21.2. The molecular weight excluding hydrogens is 425 g/mol. The lowest BCUT2D eigenvalue weighted by Gasteiger charge is -2.21. The van der Waals surface area contributed by atoms with Crippen molar-refractivity contribution in [2.24, 2.45) is 0 Å². The number of nitriles is 2. The molecule has 0 aliphatic heterocycles. The lowest BCUT2D eigenvalue weighted by Crippen LogP contribution is -2.28. The van der Waals surface area contributed by atoms with E-state index in [1.807, 2.05) is 12.1 Å². The van der Waals surface area contributed by atoms with Gasteiger partial charge in [0.2, 0.25) is 5.95 Å². The third-order valence-electron chi connectivity index (χ3n) is 4.90. The van der Waals surface area contributed by atoms with Crippen LogP contribution in [0.3, 0.4) is 0 Å². The number of halogens is 1. The smallest absolute Gasteiger partial charge is 0.266 e. The number of nitrogens with zero attached hydrogens (tertiary/aromatic N) is 6. The fraction of sp³-hybridized carbons (Fsp3) is 0.0909. The minimum atomic E-state index is -0.696. The predicted octanol–water partition coefficient (Wildman–Crippen LogP) is 2.40. The third-order valence-corrected chi connectivity index (χ3v) is 4.90. The van der Waals surface area contributed by atoms with E-state index in [9.17, 15) is 19.7 Å². The Morgan fingerprint density at radius 1 is 1.09 bits per heavy atom. The van der Waals surface area contributed by atoms with Crippen molar-refractivity contribution < 1.29 is 4.39 Å². The highest BCUT2D eigenvalue weighted by Gasteiger charge is 2.21. The summed E-state index contributed by atoms with van der Waals surface area (Å²) in [6, 6.07) is 13.3. The molecule has 0 fully saturated rings. The van der Waals surface area contributed by atoms with Gasteiger partial charge in [-0.2, -0.15) is 20.5 Å². The maximum absolute atomic E-state index is 13.9. The van der Waals surface area contributed by atoms with Gasteiger partial charge in [0.25, 0.3) is 5.56 Å². The molecule has 11 heteroatoms. The number of aromatic nitrogens is 4. The van der Waals surface area contributed by atoms with E-state index < -0.39 is 17.4 Å². The van der Waals surface area contributed by atoms with E-state index in [-0.39, 0.29) is 39.9 Å². The first-order chi connectivity index (χ1) is 15.8. The van der Waals surface area contributed by atoms with E-state index in [0.717, 1.165) is 6.07 Å². The molecule has 33 heavy (non-hydrogen) atoms. The van der Waals surface area contributed by atoms with Crippen LogP contribution in [0.2, 0.25) is 0 Å². The topological polar surface area (TPSA) is 172 Å². The molecule has 4 rings (SSSR count). The molecule has 2 heterocycles. The zero-order valence-electron chi connectivity index (χ0n) is 17.2. The normalized spacial score (nSPS) is 11.5. The summed E-state index contributed by atoms with van der Waals surface area (Å²) in [6.07, 6.45) is 0. The van der Waals surface area contributed by atoms with E-state index in [1.165, 1.54) is 22.8 Å². The van der Waals surface area contributed by atoms with E-state index in [0.29, 0.717) is 11.3 Å². The summed E-state index contributed by atoms with van der Waals surface area (Å²) in [6.45, 7) is 1.69. The van der Waals surface area contributed by atoms with Gasteiger partial charge in [-0.15, -0.1) is 0 Å². The minimum absolute atomic E-state index is 0.0146. The summed E-state index contributed by atoms with van der Waals surface area (Å²) in [5, 5.41) is 21.8. The Hall–Kier alpha value is -5.03. The van der Waals surface area contributed by atoms with Crippen molar-refractivity contribution in [3.05, 3.63) is 75.6 Å². The quantitative estimate of drug-likeness (QED) is 0.430. The van der Waals surface area contributed by atoms with Crippen LogP contribution < -0.4 is 22.3 Å². The summed E-state index contributed by atoms with van der Waals surface area (Å²) in [7, 11) is 0. The van der Waals surface area contributed by atoms with Crippen LogP contribution in [0.4, 0.5) is 22.0 Å². The number of nitrogens with two attached hydrogens (primary N) is 2. The molecule has 0 saturated heterocycles. The average Bonchev–Trinajstić information content (AvgIpc) is 2.79. The molecule has 4 aromatic rings. The van der Waals surface area contributed by atoms with Gasteiger partial charge in [0.05, 0.1) is 34.3 Å². The number of nitrogen functional groups attached to an aromatic ring is 2. The molecular formula is C22H16FN9O. The first-order valence-electron chi connectivity index (χ1n) is 9.64. The molecule has 10 nitrogen and oxygen atoms in total. The van der Waals surface area contributed by atoms with Crippen molar-refractivity contribution in [1.82, 2.24) is 19.5 Å². The van der Waals surface area contributed by atoms with Crippen molar-refractivity contribution in [3.63, 3.8) is 0 Å². The Labute approximate surface area is 186 Å². The molecule has 2 aromatic heterocycles. The van der Waals surface area contributed by atoms with E-state index in [1.54, 1.807) is 25.1 Å². The highest BCUT2D eigenvalue weighted by molar-refractivity contribution is 5.78. The Morgan fingerprint density at radius 2 is 1.88 bits per heavy atom. The molecule has 0 bridgehead atoms. The Balaban J connectivity index is 1.95. The molecule has 0 spiro atoms. The Morgan fingerprint density at radius 3 is 2.61 bits per heavy atom. The largest absolute Gasteiger partial charge is 0.382 e. The molecule has 0 saturated carbocycles. The summed E-state index contributed by atoms with van der Waals surface area (Å²) in [4.78, 5) is 25.8. The summed E-state index contributed by atoms with van der Waals surface area (Å²) in [5.74, 6) is -0.513. The average molecular weight is 441 g/mol. The fourth-order valence-electron chi connectivity index (χ4n) is 3.41. The van der Waals surface area contributed by atoms with Crippen LogP contribution in [0, 0.1) is 28.5 Å². The Bertz CT molecular complexity index is 1550. The van der Waals surface area contributed by atoms with Crippen LogP contribution >= 0.6 is 0 Å². The summed E-state index contributed by atoms with van der Waals surface area (Å²) < 4.78 is 15.2. The van der Waals surface area contributed by atoms with Gasteiger partial charge in [0.15, 0.2) is 5.82 Å². The molecule has 0 aliphatic carbocycles. The lowest BCUT2D eigenvalue weighted by molar-refractivity contribution is 0.629. The van der Waals surface area contributed by atoms with Gasteiger partial charge >= 0.3 is 0 Å². The van der Waals surface area contributed by atoms with Crippen LogP contribution in [-0.2, 0) is 0 Å². The second kappa shape index (κ2) is 8.24. The van der Waals surface area contributed by atoms with Crippen molar-refractivity contribution >= 4 is 28.5 Å². The van der Waals surface area contributed by atoms with E-state index in [2.05, 4.69) is 20.3 Å². The highest BCUT2D eigenvalue weighted by Crippen LogP contribution is 2.25. The molecule has 0 amide bonds. The van der Waals surface area contributed by atoms with Gasteiger partial charge in [-0.1, -0.05) is 6.07 Å². The number of fused-ring (bicyclic) bond motifs is 1. The molecule has 1 atom stereocenters. The SMILES string of the molecule is CC(Nc1nc(N)nc(N)c1C#N)c1nc2ccc(F)cc2c(=O)n1-c1cccc(C#N)c1. The summed E-state index contributed by atoms with van der Waals surface area (Å²) >= 11 is 0. The molecule has 0 aliphatic rings. The molecule has 0 radical (unpaired) electrons. The maximum atomic E-state index is 13.9. The fourth-order valence-corrected chi connectivity index (χ4v) is 3.41. The van der Waals surface area contributed by atoms with Gasteiger partial charge in [0.1, 0.15) is 29.1 Å². The van der Waals surface area contributed by atoms with Gasteiger partial charge in [-0.05, 0) is 43.3 Å². The van der Waals surface area contributed by atoms with Crippen LogP contribution in [0.1, 0.15) is 29.9 Å². The van der Waals surface area contributed by atoms with Crippen molar-refractivity contribution in [2.45, 2.75) is 13.0 Å².